The monoisotopic (exact) mass is 264 g/mol. The van der Waals surface area contributed by atoms with Crippen molar-refractivity contribution in [3.8, 4) is 5.75 Å². The molecule has 0 atom stereocenters. The highest BCUT2D eigenvalue weighted by atomic mass is 35.5. The largest absolute Gasteiger partial charge is 0.492 e. The van der Waals surface area contributed by atoms with E-state index in [1.54, 1.807) is 0 Å². The highest BCUT2D eigenvalue weighted by molar-refractivity contribution is 6.35. The minimum absolute atomic E-state index is 0.262. The third-order valence-corrected chi connectivity index (χ3v) is 2.60. The van der Waals surface area contributed by atoms with E-state index in [2.05, 4.69) is 15.3 Å². The van der Waals surface area contributed by atoms with Gasteiger partial charge in [-0.2, -0.15) is 0 Å². The molecule has 0 bridgehead atoms. The summed E-state index contributed by atoms with van der Waals surface area (Å²) in [6, 6.07) is 9.58. The summed E-state index contributed by atoms with van der Waals surface area (Å²) in [5.41, 5.74) is 5.56. The Morgan fingerprint density at radius 3 is 2.78 bits per heavy atom. The van der Waals surface area contributed by atoms with Gasteiger partial charge in [-0.05, 0) is 12.1 Å². The first kappa shape index (κ1) is 12.4. The van der Waals surface area contributed by atoms with Gasteiger partial charge >= 0.3 is 0 Å². The summed E-state index contributed by atoms with van der Waals surface area (Å²) < 4.78 is 5.52. The molecule has 1 heterocycles. The number of anilines is 2. The molecule has 1 aromatic carbocycles. The van der Waals surface area contributed by atoms with Crippen LogP contribution in [-0.2, 0) is 0 Å². The second-order valence-electron chi connectivity index (χ2n) is 3.51. The van der Waals surface area contributed by atoms with Gasteiger partial charge in [-0.25, -0.2) is 9.97 Å². The van der Waals surface area contributed by atoms with Crippen LogP contribution in [0.5, 0.6) is 5.75 Å². The zero-order valence-electron chi connectivity index (χ0n) is 9.64. The number of para-hydroxylation sites is 1. The first-order valence-electron chi connectivity index (χ1n) is 5.45. The van der Waals surface area contributed by atoms with Gasteiger partial charge in [0.25, 0.3) is 0 Å². The van der Waals surface area contributed by atoms with Crippen LogP contribution in [0.15, 0.2) is 36.7 Å². The predicted octanol–water partition coefficient (Wildman–Crippen LogP) is 2.20. The summed E-state index contributed by atoms with van der Waals surface area (Å²) in [4.78, 5) is 7.77. The lowest BCUT2D eigenvalue weighted by Gasteiger charge is -2.09. The van der Waals surface area contributed by atoms with Gasteiger partial charge in [0.2, 0.25) is 0 Å². The van der Waals surface area contributed by atoms with Gasteiger partial charge in [0.05, 0.1) is 6.54 Å². The van der Waals surface area contributed by atoms with E-state index in [0.717, 1.165) is 5.75 Å². The fourth-order valence-corrected chi connectivity index (χ4v) is 1.53. The van der Waals surface area contributed by atoms with E-state index in [9.17, 15) is 0 Å². The Hall–Kier alpha value is -2.01. The SMILES string of the molecule is Nc1ncnc(NCCOc2ccccc2)c1Cl. The van der Waals surface area contributed by atoms with Crippen LogP contribution in [0, 0.1) is 0 Å². The standard InChI is InChI=1S/C12H13ClN4O/c13-10-11(14)16-8-17-12(10)15-6-7-18-9-4-2-1-3-5-9/h1-5,8H,6-7H2,(H3,14,15,16,17). The summed E-state index contributed by atoms with van der Waals surface area (Å²) in [6.45, 7) is 1.08. The number of ether oxygens (including phenoxy) is 1. The second-order valence-corrected chi connectivity index (χ2v) is 3.89. The van der Waals surface area contributed by atoms with Crippen molar-refractivity contribution in [3.05, 3.63) is 41.7 Å². The number of aromatic nitrogens is 2. The van der Waals surface area contributed by atoms with E-state index in [-0.39, 0.29) is 5.82 Å². The molecule has 94 valence electrons. The lowest BCUT2D eigenvalue weighted by molar-refractivity contribution is 0.333. The summed E-state index contributed by atoms with van der Waals surface area (Å²) in [5.74, 6) is 1.60. The highest BCUT2D eigenvalue weighted by Crippen LogP contribution is 2.22. The molecule has 0 saturated carbocycles. The smallest absolute Gasteiger partial charge is 0.150 e. The third kappa shape index (κ3) is 3.24. The van der Waals surface area contributed by atoms with Crippen LogP contribution in [0.25, 0.3) is 0 Å². The lowest BCUT2D eigenvalue weighted by atomic mass is 10.3. The van der Waals surface area contributed by atoms with Crippen molar-refractivity contribution in [2.45, 2.75) is 0 Å². The molecule has 0 aliphatic carbocycles. The van der Waals surface area contributed by atoms with Crippen LogP contribution in [0.1, 0.15) is 0 Å². The van der Waals surface area contributed by atoms with Crippen molar-refractivity contribution < 1.29 is 4.74 Å². The minimum Gasteiger partial charge on any atom is -0.492 e. The Morgan fingerprint density at radius 1 is 1.22 bits per heavy atom. The van der Waals surface area contributed by atoms with E-state index in [1.807, 2.05) is 30.3 Å². The Morgan fingerprint density at radius 2 is 2.00 bits per heavy atom. The van der Waals surface area contributed by atoms with Crippen molar-refractivity contribution in [1.29, 1.82) is 0 Å². The molecule has 0 fully saturated rings. The zero-order valence-corrected chi connectivity index (χ0v) is 10.4. The summed E-state index contributed by atoms with van der Waals surface area (Å²) in [6.07, 6.45) is 1.36. The molecule has 18 heavy (non-hydrogen) atoms. The van der Waals surface area contributed by atoms with Crippen molar-refractivity contribution in [2.75, 3.05) is 24.2 Å². The number of nitrogens with one attached hydrogen (secondary N) is 1. The molecule has 0 aliphatic rings. The summed E-state index contributed by atoms with van der Waals surface area (Å²) in [5, 5.41) is 3.37. The van der Waals surface area contributed by atoms with Crippen LogP contribution in [0.2, 0.25) is 5.02 Å². The molecule has 6 heteroatoms. The van der Waals surface area contributed by atoms with Crippen LogP contribution in [-0.4, -0.2) is 23.1 Å². The molecule has 0 aliphatic heterocycles. The number of hydrogen-bond donors (Lipinski definition) is 2. The van der Waals surface area contributed by atoms with Crippen molar-refractivity contribution in [2.24, 2.45) is 0 Å². The van der Waals surface area contributed by atoms with Crippen LogP contribution < -0.4 is 15.8 Å². The summed E-state index contributed by atoms with van der Waals surface area (Å²) >= 11 is 5.94. The van der Waals surface area contributed by atoms with E-state index in [0.29, 0.717) is 24.0 Å². The molecule has 2 rings (SSSR count). The van der Waals surface area contributed by atoms with Crippen LogP contribution >= 0.6 is 11.6 Å². The minimum atomic E-state index is 0.262. The van der Waals surface area contributed by atoms with Gasteiger partial charge in [-0.15, -0.1) is 0 Å². The topological polar surface area (TPSA) is 73.1 Å². The second kappa shape index (κ2) is 6.07. The maximum absolute atomic E-state index is 5.94. The maximum Gasteiger partial charge on any atom is 0.150 e. The normalized spacial score (nSPS) is 10.1. The first-order chi connectivity index (χ1) is 8.77. The van der Waals surface area contributed by atoms with E-state index >= 15 is 0 Å². The number of nitrogens with two attached hydrogens (primary N) is 1. The quantitative estimate of drug-likeness (QED) is 0.810. The van der Waals surface area contributed by atoms with E-state index < -0.39 is 0 Å². The van der Waals surface area contributed by atoms with Gasteiger partial charge in [0, 0.05) is 0 Å². The number of benzene rings is 1. The van der Waals surface area contributed by atoms with Gasteiger partial charge in [-0.3, -0.25) is 0 Å². The number of halogens is 1. The van der Waals surface area contributed by atoms with Crippen molar-refractivity contribution in [1.82, 2.24) is 9.97 Å². The molecule has 0 amide bonds. The van der Waals surface area contributed by atoms with Gasteiger partial charge in [-0.1, -0.05) is 29.8 Å². The molecule has 0 radical (unpaired) electrons. The van der Waals surface area contributed by atoms with E-state index in [4.69, 9.17) is 22.1 Å². The fraction of sp³-hybridized carbons (Fsp3) is 0.167. The number of nitrogens with zero attached hydrogens (tertiary/aromatic N) is 2. The van der Waals surface area contributed by atoms with Crippen molar-refractivity contribution in [3.63, 3.8) is 0 Å². The average molecular weight is 265 g/mol. The lowest BCUT2D eigenvalue weighted by Crippen LogP contribution is -2.13. The van der Waals surface area contributed by atoms with Gasteiger partial charge in [0.1, 0.15) is 29.5 Å². The number of hydrogen-bond acceptors (Lipinski definition) is 5. The number of rotatable bonds is 5. The predicted molar refractivity (Wildman–Crippen MR) is 71.9 cm³/mol. The number of nitrogen functional groups attached to an aromatic ring is 1. The Labute approximate surface area is 110 Å². The summed E-state index contributed by atoms with van der Waals surface area (Å²) in [7, 11) is 0. The zero-order chi connectivity index (χ0) is 12.8. The highest BCUT2D eigenvalue weighted by Gasteiger charge is 2.05. The van der Waals surface area contributed by atoms with Gasteiger partial charge in [0.15, 0.2) is 5.82 Å². The molecular weight excluding hydrogens is 252 g/mol. The Balaban J connectivity index is 1.81. The van der Waals surface area contributed by atoms with Crippen molar-refractivity contribution >= 4 is 23.2 Å². The maximum atomic E-state index is 5.94. The average Bonchev–Trinajstić information content (AvgIpc) is 2.40. The molecular formula is C12H13ClN4O. The molecule has 0 spiro atoms. The molecule has 5 nitrogen and oxygen atoms in total. The third-order valence-electron chi connectivity index (χ3n) is 2.22. The van der Waals surface area contributed by atoms with Crippen LogP contribution in [0.3, 0.4) is 0 Å². The fourth-order valence-electron chi connectivity index (χ4n) is 1.36. The molecule has 1 aromatic heterocycles. The van der Waals surface area contributed by atoms with Crippen LogP contribution in [0.4, 0.5) is 11.6 Å². The van der Waals surface area contributed by atoms with E-state index in [1.165, 1.54) is 6.33 Å². The van der Waals surface area contributed by atoms with Gasteiger partial charge < -0.3 is 15.8 Å². The Bertz CT molecular complexity index is 507. The first-order valence-corrected chi connectivity index (χ1v) is 5.83. The molecule has 0 saturated heterocycles. The Kier molecular flexibility index (Phi) is 4.20. The molecule has 2 aromatic rings. The molecule has 3 N–H and O–H groups in total. The molecule has 0 unspecified atom stereocenters.